The second-order valence-corrected chi connectivity index (χ2v) is 6.51. The average molecular weight is 314 g/mol. The molecule has 118 valence electrons. The van der Waals surface area contributed by atoms with Crippen molar-refractivity contribution in [1.82, 2.24) is 4.67 Å². The second kappa shape index (κ2) is 8.39. The molecular formula is C14H23N2O4P. The molecule has 1 aromatic rings. The summed E-state index contributed by atoms with van der Waals surface area (Å²) in [5.74, 6) is 0. The van der Waals surface area contributed by atoms with Crippen LogP contribution >= 0.6 is 8.53 Å². The van der Waals surface area contributed by atoms with E-state index in [-0.39, 0.29) is 24.4 Å². The van der Waals surface area contributed by atoms with Gasteiger partial charge in [-0.3, -0.25) is 10.1 Å². The molecule has 21 heavy (non-hydrogen) atoms. The van der Waals surface area contributed by atoms with Crippen molar-refractivity contribution in [2.24, 2.45) is 0 Å². The summed E-state index contributed by atoms with van der Waals surface area (Å²) in [5, 5.41) is 10.9. The number of nitro groups is 1. The molecule has 0 spiro atoms. The quantitative estimate of drug-likeness (QED) is 0.451. The Balaban J connectivity index is 2.59. The summed E-state index contributed by atoms with van der Waals surface area (Å²) >= 11 is 0. The average Bonchev–Trinajstić information content (AvgIpc) is 2.38. The number of nitro benzene ring substituents is 1. The summed E-state index contributed by atoms with van der Waals surface area (Å²) in [6, 6.07) is 6.94. The molecule has 0 fully saturated rings. The number of hydrogen-bond donors (Lipinski definition) is 1. The van der Waals surface area contributed by atoms with E-state index in [4.69, 9.17) is 4.52 Å². The van der Waals surface area contributed by atoms with E-state index in [1.165, 1.54) is 6.07 Å². The van der Waals surface area contributed by atoms with Gasteiger partial charge in [0.1, 0.15) is 0 Å². The topological polar surface area (TPSA) is 75.8 Å². The van der Waals surface area contributed by atoms with Gasteiger partial charge in [-0.25, -0.2) is 4.67 Å². The molecule has 0 amide bonds. The Hall–Kier alpha value is -1.07. The molecule has 1 rings (SSSR count). The highest BCUT2D eigenvalue weighted by molar-refractivity contribution is 7.43. The van der Waals surface area contributed by atoms with Gasteiger partial charge in [0, 0.05) is 30.1 Å². The molecule has 0 aliphatic carbocycles. The third-order valence-electron chi connectivity index (χ3n) is 3.02. The van der Waals surface area contributed by atoms with Gasteiger partial charge in [0.2, 0.25) is 0 Å². The molecule has 7 heteroatoms. The Labute approximate surface area is 126 Å². The zero-order valence-electron chi connectivity index (χ0n) is 12.9. The lowest BCUT2D eigenvalue weighted by Gasteiger charge is -2.32. The molecule has 0 aliphatic heterocycles. The first-order valence-corrected chi connectivity index (χ1v) is 8.13. The number of nitrogens with zero attached hydrogens (tertiary/aromatic N) is 2. The molecular weight excluding hydrogens is 291 g/mol. The first-order valence-electron chi connectivity index (χ1n) is 6.97. The molecule has 0 bridgehead atoms. The normalized spacial score (nSPS) is 13.1. The molecule has 0 aliphatic rings. The fourth-order valence-corrected chi connectivity index (χ4v) is 3.37. The summed E-state index contributed by atoms with van der Waals surface area (Å²) in [5.41, 5.74) is 0.708. The van der Waals surface area contributed by atoms with Gasteiger partial charge in [-0.15, -0.1) is 0 Å². The van der Waals surface area contributed by atoms with Crippen molar-refractivity contribution in [1.29, 1.82) is 0 Å². The fourth-order valence-electron chi connectivity index (χ4n) is 2.20. The molecule has 1 atom stereocenters. The first kappa shape index (κ1) is 18.0. The minimum absolute atomic E-state index is 0.0907. The molecule has 0 unspecified atom stereocenters. The first-order chi connectivity index (χ1) is 9.84. The van der Waals surface area contributed by atoms with Crippen LogP contribution in [0.3, 0.4) is 0 Å². The van der Waals surface area contributed by atoms with Gasteiger partial charge in [-0.1, -0.05) is 18.2 Å². The number of hydrogen-bond acceptors (Lipinski definition) is 5. The van der Waals surface area contributed by atoms with Crippen molar-refractivity contribution in [3.8, 4) is 0 Å². The van der Waals surface area contributed by atoms with E-state index in [9.17, 15) is 15.0 Å². The molecule has 1 aromatic carbocycles. The predicted octanol–water partition coefficient (Wildman–Crippen LogP) is 3.49. The molecule has 0 saturated heterocycles. The maximum absolute atomic E-state index is 10.9. The van der Waals surface area contributed by atoms with Gasteiger partial charge < -0.3 is 9.42 Å². The lowest BCUT2D eigenvalue weighted by molar-refractivity contribution is -0.385. The third-order valence-corrected chi connectivity index (χ3v) is 4.75. The summed E-state index contributed by atoms with van der Waals surface area (Å²) in [6.07, 6.45) is 0.403. The second-order valence-electron chi connectivity index (χ2n) is 5.29. The lowest BCUT2D eigenvalue weighted by atomic mass is 10.1. The van der Waals surface area contributed by atoms with Crippen LogP contribution in [0.15, 0.2) is 24.3 Å². The van der Waals surface area contributed by atoms with Crippen LogP contribution in [0.5, 0.6) is 0 Å². The molecule has 0 radical (unpaired) electrons. The number of para-hydroxylation sites is 1. The van der Waals surface area contributed by atoms with Crippen molar-refractivity contribution in [2.45, 2.75) is 46.2 Å². The van der Waals surface area contributed by atoms with Crippen LogP contribution in [-0.4, -0.2) is 33.2 Å². The molecule has 1 N–H and O–H groups in total. The summed E-state index contributed by atoms with van der Waals surface area (Å²) in [7, 11) is -1.68. The van der Waals surface area contributed by atoms with Crippen LogP contribution in [0.25, 0.3) is 0 Å². The SMILES string of the molecule is CC(C)N(C(C)C)[P@@](O)OCCc1ccccc1[N+](=O)[O-]. The molecule has 0 saturated carbocycles. The highest BCUT2D eigenvalue weighted by Gasteiger charge is 2.24. The van der Waals surface area contributed by atoms with Crippen molar-refractivity contribution >= 4 is 14.2 Å². The third kappa shape index (κ3) is 5.32. The monoisotopic (exact) mass is 314 g/mol. The van der Waals surface area contributed by atoms with Crippen molar-refractivity contribution in [2.75, 3.05) is 6.61 Å². The molecule has 0 aromatic heterocycles. The van der Waals surface area contributed by atoms with Crippen molar-refractivity contribution in [3.05, 3.63) is 39.9 Å². The fraction of sp³-hybridized carbons (Fsp3) is 0.571. The molecule has 6 nitrogen and oxygen atoms in total. The predicted molar refractivity (Wildman–Crippen MR) is 84.0 cm³/mol. The van der Waals surface area contributed by atoms with E-state index >= 15 is 0 Å². The zero-order valence-corrected chi connectivity index (χ0v) is 13.8. The Morgan fingerprint density at radius 3 is 2.38 bits per heavy atom. The minimum atomic E-state index is -1.68. The Kier molecular flexibility index (Phi) is 7.18. The van der Waals surface area contributed by atoms with E-state index in [2.05, 4.69) is 0 Å². The summed E-state index contributed by atoms with van der Waals surface area (Å²) in [6.45, 7) is 8.24. The highest BCUT2D eigenvalue weighted by atomic mass is 31.2. The highest BCUT2D eigenvalue weighted by Crippen LogP contribution is 2.40. The van der Waals surface area contributed by atoms with Crippen LogP contribution in [0.4, 0.5) is 5.69 Å². The number of benzene rings is 1. The van der Waals surface area contributed by atoms with Crippen LogP contribution < -0.4 is 0 Å². The van der Waals surface area contributed by atoms with Gasteiger partial charge in [0.25, 0.3) is 14.2 Å². The smallest absolute Gasteiger partial charge is 0.272 e. The maximum atomic E-state index is 10.9. The van der Waals surface area contributed by atoms with E-state index in [1.807, 2.05) is 32.4 Å². The van der Waals surface area contributed by atoms with E-state index in [0.717, 1.165) is 0 Å². The molecule has 0 heterocycles. The summed E-state index contributed by atoms with van der Waals surface area (Å²) < 4.78 is 7.39. The largest absolute Gasteiger partial charge is 0.338 e. The van der Waals surface area contributed by atoms with Crippen LogP contribution in [-0.2, 0) is 10.9 Å². The van der Waals surface area contributed by atoms with Gasteiger partial charge >= 0.3 is 0 Å². The van der Waals surface area contributed by atoms with Crippen LogP contribution in [0.1, 0.15) is 33.3 Å². The van der Waals surface area contributed by atoms with Crippen LogP contribution in [0, 0.1) is 10.1 Å². The minimum Gasteiger partial charge on any atom is -0.338 e. The Morgan fingerprint density at radius 2 is 1.86 bits per heavy atom. The van der Waals surface area contributed by atoms with Crippen molar-refractivity contribution < 1.29 is 14.3 Å². The Morgan fingerprint density at radius 1 is 1.29 bits per heavy atom. The maximum Gasteiger partial charge on any atom is 0.272 e. The van der Waals surface area contributed by atoms with Gasteiger partial charge in [0.05, 0.1) is 11.5 Å². The lowest BCUT2D eigenvalue weighted by Crippen LogP contribution is -2.32. The van der Waals surface area contributed by atoms with E-state index in [1.54, 1.807) is 18.2 Å². The van der Waals surface area contributed by atoms with Crippen molar-refractivity contribution in [3.63, 3.8) is 0 Å². The summed E-state index contributed by atoms with van der Waals surface area (Å²) in [4.78, 5) is 20.7. The van der Waals surface area contributed by atoms with Crippen LogP contribution in [0.2, 0.25) is 0 Å². The van der Waals surface area contributed by atoms with E-state index in [0.29, 0.717) is 12.0 Å². The van der Waals surface area contributed by atoms with Gasteiger partial charge in [-0.2, -0.15) is 0 Å². The number of rotatable bonds is 8. The van der Waals surface area contributed by atoms with E-state index < -0.39 is 13.4 Å². The Bertz CT molecular complexity index is 460. The standard InChI is InChI=1S/C14H23N2O4P/c1-11(2)15(12(3)4)21(19)20-10-9-13-7-5-6-8-14(13)16(17)18/h5-8,11-12,19H,9-10H2,1-4H3/t21-/m0/s1. The van der Waals surface area contributed by atoms with Gasteiger partial charge in [-0.05, 0) is 27.7 Å². The zero-order chi connectivity index (χ0) is 16.0. The van der Waals surface area contributed by atoms with Gasteiger partial charge in [0.15, 0.2) is 0 Å².